The summed E-state index contributed by atoms with van der Waals surface area (Å²) in [6.45, 7) is -0.0997. The lowest BCUT2D eigenvalue weighted by Gasteiger charge is -2.14. The lowest BCUT2D eigenvalue weighted by molar-refractivity contribution is -0.137. The number of carboxylic acids is 1. The molecular formula is C9H10N2O4S2. The van der Waals surface area contributed by atoms with Gasteiger partial charge in [0.25, 0.3) is 10.0 Å². The molecule has 0 fully saturated rings. The summed E-state index contributed by atoms with van der Waals surface area (Å²) >= 11 is 0.864. The predicted octanol–water partition coefficient (Wildman–Crippen LogP) is 0.715. The Hall–Kier alpha value is -1.43. The quantitative estimate of drug-likeness (QED) is 0.852. The van der Waals surface area contributed by atoms with Crippen LogP contribution >= 0.6 is 11.3 Å². The summed E-state index contributed by atoms with van der Waals surface area (Å²) in [4.78, 5) is 10.7. The Morgan fingerprint density at radius 3 is 2.71 bits per heavy atom. The second-order valence-corrected chi connectivity index (χ2v) is 6.56. The third-order valence-corrected chi connectivity index (χ3v) is 5.31. The van der Waals surface area contributed by atoms with Crippen LogP contribution in [0.3, 0.4) is 0 Å². The molecule has 92 valence electrons. The van der Waals surface area contributed by atoms with Crippen molar-refractivity contribution < 1.29 is 18.3 Å². The van der Waals surface area contributed by atoms with Gasteiger partial charge in [-0.15, -0.1) is 11.3 Å². The van der Waals surface area contributed by atoms with Crippen LogP contribution in [0.25, 0.3) is 0 Å². The normalized spacial score (nSPS) is 11.4. The van der Waals surface area contributed by atoms with Gasteiger partial charge in [-0.25, -0.2) is 8.42 Å². The molecule has 1 N–H and O–H groups in total. The van der Waals surface area contributed by atoms with Crippen LogP contribution in [0.4, 0.5) is 0 Å². The molecule has 17 heavy (non-hydrogen) atoms. The van der Waals surface area contributed by atoms with Gasteiger partial charge < -0.3 is 5.11 Å². The number of thiophene rings is 1. The number of nitrogens with zero attached hydrogens (tertiary/aromatic N) is 2. The molecule has 8 heteroatoms. The van der Waals surface area contributed by atoms with Crippen molar-refractivity contribution in [2.24, 2.45) is 0 Å². The van der Waals surface area contributed by atoms with Gasteiger partial charge in [-0.2, -0.15) is 9.57 Å². The molecule has 0 radical (unpaired) electrons. The van der Waals surface area contributed by atoms with Crippen LogP contribution in [0.5, 0.6) is 0 Å². The number of aliphatic carboxylic acids is 1. The van der Waals surface area contributed by atoms with Crippen molar-refractivity contribution >= 4 is 27.3 Å². The number of hydrogen-bond donors (Lipinski definition) is 1. The molecule has 0 atom stereocenters. The molecule has 1 heterocycles. The van der Waals surface area contributed by atoms with Crippen LogP contribution in [0.1, 0.15) is 11.3 Å². The number of carboxylic acid groups (broad SMARTS) is 1. The van der Waals surface area contributed by atoms with E-state index < -0.39 is 16.0 Å². The fraction of sp³-hybridized carbons (Fsp3) is 0.333. The molecule has 0 aliphatic carbocycles. The van der Waals surface area contributed by atoms with Crippen molar-refractivity contribution in [1.82, 2.24) is 4.31 Å². The Morgan fingerprint density at radius 2 is 2.24 bits per heavy atom. The lowest BCUT2D eigenvalue weighted by atomic mass is 10.4. The summed E-state index contributed by atoms with van der Waals surface area (Å²) < 4.78 is 24.8. The van der Waals surface area contributed by atoms with Crippen LogP contribution in [0.2, 0.25) is 0 Å². The first-order valence-corrected chi connectivity index (χ1v) is 6.81. The number of nitriles is 1. The maximum Gasteiger partial charge on any atom is 0.304 e. The largest absolute Gasteiger partial charge is 0.481 e. The smallest absolute Gasteiger partial charge is 0.304 e. The topological polar surface area (TPSA) is 98.5 Å². The molecule has 0 spiro atoms. The number of rotatable bonds is 5. The Balaban J connectivity index is 2.88. The Kier molecular flexibility index (Phi) is 4.22. The summed E-state index contributed by atoms with van der Waals surface area (Å²) in [6.07, 6.45) is -0.258. The van der Waals surface area contributed by atoms with E-state index in [9.17, 15) is 13.2 Å². The minimum Gasteiger partial charge on any atom is -0.481 e. The van der Waals surface area contributed by atoms with Gasteiger partial charge in [-0.3, -0.25) is 4.79 Å². The third kappa shape index (κ3) is 3.26. The van der Waals surface area contributed by atoms with Crippen LogP contribution in [-0.4, -0.2) is 37.4 Å². The number of sulfonamides is 1. The predicted molar refractivity (Wildman–Crippen MR) is 61.1 cm³/mol. The van der Waals surface area contributed by atoms with Crippen molar-refractivity contribution in [3.63, 3.8) is 0 Å². The fourth-order valence-corrected chi connectivity index (χ4v) is 3.53. The van der Waals surface area contributed by atoms with E-state index in [1.54, 1.807) is 0 Å². The summed E-state index contributed by atoms with van der Waals surface area (Å²) in [5.74, 6) is -1.06. The van der Waals surface area contributed by atoms with E-state index in [0.29, 0.717) is 4.88 Å². The number of hydrogen-bond acceptors (Lipinski definition) is 5. The van der Waals surface area contributed by atoms with E-state index in [1.165, 1.54) is 19.2 Å². The molecular weight excluding hydrogens is 264 g/mol. The zero-order valence-electron chi connectivity index (χ0n) is 8.95. The zero-order chi connectivity index (χ0) is 13.1. The molecule has 1 rings (SSSR count). The summed E-state index contributed by atoms with van der Waals surface area (Å²) in [5.41, 5.74) is 0. The minimum absolute atomic E-state index is 0.0435. The van der Waals surface area contributed by atoms with E-state index in [1.807, 2.05) is 6.07 Å². The highest BCUT2D eigenvalue weighted by molar-refractivity contribution is 7.91. The minimum atomic E-state index is -3.69. The monoisotopic (exact) mass is 274 g/mol. The van der Waals surface area contributed by atoms with E-state index >= 15 is 0 Å². The van der Waals surface area contributed by atoms with E-state index in [2.05, 4.69) is 0 Å². The van der Waals surface area contributed by atoms with Crippen molar-refractivity contribution in [2.75, 3.05) is 13.6 Å². The molecule has 1 aromatic heterocycles. The maximum atomic E-state index is 11.9. The average Bonchev–Trinajstić information content (AvgIpc) is 2.74. The second kappa shape index (κ2) is 5.27. The van der Waals surface area contributed by atoms with E-state index in [-0.39, 0.29) is 17.2 Å². The van der Waals surface area contributed by atoms with Crippen molar-refractivity contribution in [1.29, 1.82) is 5.26 Å². The molecule has 0 amide bonds. The van der Waals surface area contributed by atoms with Gasteiger partial charge in [0, 0.05) is 13.6 Å². The standard InChI is InChI=1S/C9H10N2O4S2/c1-11(5-4-8(12)13)17(14,15)9-3-2-7(6-10)16-9/h2-3H,4-5H2,1H3,(H,12,13). The van der Waals surface area contributed by atoms with Crippen LogP contribution < -0.4 is 0 Å². The molecule has 0 saturated carbocycles. The van der Waals surface area contributed by atoms with Gasteiger partial charge in [-0.1, -0.05) is 0 Å². The molecule has 0 aromatic carbocycles. The van der Waals surface area contributed by atoms with Gasteiger partial charge in [-0.05, 0) is 12.1 Å². The van der Waals surface area contributed by atoms with Crippen LogP contribution in [-0.2, 0) is 14.8 Å². The Bertz CT molecular complexity index is 556. The zero-order valence-corrected chi connectivity index (χ0v) is 10.6. The highest BCUT2D eigenvalue weighted by Gasteiger charge is 2.23. The van der Waals surface area contributed by atoms with Gasteiger partial charge in [0.05, 0.1) is 6.42 Å². The number of carbonyl (C=O) groups is 1. The Labute approximate surface area is 103 Å². The summed E-state index contributed by atoms with van der Waals surface area (Å²) in [5, 5.41) is 17.1. The highest BCUT2D eigenvalue weighted by atomic mass is 32.2. The van der Waals surface area contributed by atoms with E-state index in [0.717, 1.165) is 15.6 Å². The molecule has 6 nitrogen and oxygen atoms in total. The highest BCUT2D eigenvalue weighted by Crippen LogP contribution is 2.23. The van der Waals surface area contributed by atoms with Gasteiger partial charge in [0.15, 0.2) is 0 Å². The Morgan fingerprint density at radius 1 is 1.59 bits per heavy atom. The average molecular weight is 274 g/mol. The molecule has 0 bridgehead atoms. The van der Waals surface area contributed by atoms with Crippen LogP contribution in [0.15, 0.2) is 16.3 Å². The molecule has 1 aromatic rings. The van der Waals surface area contributed by atoms with Gasteiger partial charge >= 0.3 is 5.97 Å². The fourth-order valence-electron chi connectivity index (χ4n) is 1.05. The third-order valence-electron chi connectivity index (χ3n) is 2.00. The SMILES string of the molecule is CN(CCC(=O)O)S(=O)(=O)c1ccc(C#N)s1. The molecule has 0 saturated heterocycles. The molecule has 0 aliphatic heterocycles. The van der Waals surface area contributed by atoms with Crippen LogP contribution in [0, 0.1) is 11.3 Å². The lowest BCUT2D eigenvalue weighted by Crippen LogP contribution is -2.28. The van der Waals surface area contributed by atoms with Crippen molar-refractivity contribution in [3.8, 4) is 6.07 Å². The van der Waals surface area contributed by atoms with Gasteiger partial charge in [0.1, 0.15) is 15.2 Å². The van der Waals surface area contributed by atoms with Crippen molar-refractivity contribution in [3.05, 3.63) is 17.0 Å². The first-order valence-electron chi connectivity index (χ1n) is 4.56. The first-order chi connectivity index (χ1) is 7.87. The van der Waals surface area contributed by atoms with Crippen molar-refractivity contribution in [2.45, 2.75) is 10.6 Å². The first kappa shape index (κ1) is 13.6. The summed E-state index contributed by atoms with van der Waals surface area (Å²) in [6, 6.07) is 4.61. The maximum absolute atomic E-state index is 11.9. The van der Waals surface area contributed by atoms with Gasteiger partial charge in [0.2, 0.25) is 0 Å². The van der Waals surface area contributed by atoms with E-state index in [4.69, 9.17) is 10.4 Å². The molecule has 0 unspecified atom stereocenters. The molecule has 0 aliphatic rings. The summed E-state index contributed by atoms with van der Waals surface area (Å²) in [7, 11) is -2.38. The second-order valence-electron chi connectivity index (χ2n) is 3.20.